The lowest BCUT2D eigenvalue weighted by Crippen LogP contribution is -2.27. The summed E-state index contributed by atoms with van der Waals surface area (Å²) in [6.45, 7) is 4.09. The predicted molar refractivity (Wildman–Crippen MR) is 131 cm³/mol. The van der Waals surface area contributed by atoms with Gasteiger partial charge in [0.1, 0.15) is 23.7 Å². The lowest BCUT2D eigenvalue weighted by atomic mass is 10.1. The Balaban J connectivity index is 1.53. The van der Waals surface area contributed by atoms with E-state index in [9.17, 15) is 14.5 Å². The Hall–Kier alpha value is -3.64. The minimum absolute atomic E-state index is 0.162. The predicted octanol–water partition coefficient (Wildman–Crippen LogP) is 2.55. The minimum Gasteiger partial charge on any atom is -0.610 e. The second-order valence-corrected chi connectivity index (χ2v) is 10.0. The van der Waals surface area contributed by atoms with Gasteiger partial charge >= 0.3 is 0 Å². The zero-order valence-corrected chi connectivity index (χ0v) is 20.3. The fraction of sp³-hybridized carbons (Fsp3) is 0.348. The quantitative estimate of drug-likeness (QED) is 0.368. The van der Waals surface area contributed by atoms with Crippen LogP contribution in [-0.4, -0.2) is 50.4 Å². The molecule has 0 amide bonds. The molecule has 11 nitrogen and oxygen atoms in total. The number of pyridine rings is 1. The number of anilines is 1. The fourth-order valence-corrected chi connectivity index (χ4v) is 4.32. The van der Waals surface area contributed by atoms with Crippen molar-refractivity contribution in [3.05, 3.63) is 52.5 Å². The van der Waals surface area contributed by atoms with Gasteiger partial charge in [-0.05, 0) is 38.3 Å². The van der Waals surface area contributed by atoms with Gasteiger partial charge in [-0.3, -0.25) is 9.36 Å². The smallest absolute Gasteiger partial charge is 0.295 e. The van der Waals surface area contributed by atoms with Gasteiger partial charge in [0, 0.05) is 41.9 Å². The number of aromatic nitrogens is 7. The topological polar surface area (TPSA) is 155 Å². The third-order valence-corrected chi connectivity index (χ3v) is 6.58. The first-order chi connectivity index (χ1) is 16.8. The minimum atomic E-state index is -1.16. The molecule has 4 heterocycles. The zero-order valence-electron chi connectivity index (χ0n) is 19.5. The highest BCUT2D eigenvalue weighted by Crippen LogP contribution is 2.44. The molecule has 1 aliphatic rings. The van der Waals surface area contributed by atoms with Gasteiger partial charge in [-0.15, -0.1) is 0 Å². The number of hydrogen-bond donors (Lipinski definition) is 2. The second-order valence-electron chi connectivity index (χ2n) is 8.68. The first-order valence-electron chi connectivity index (χ1n) is 11.2. The molecule has 1 saturated carbocycles. The Morgan fingerprint density at radius 1 is 1.17 bits per heavy atom. The maximum Gasteiger partial charge on any atom is 0.295 e. The van der Waals surface area contributed by atoms with E-state index in [2.05, 4.69) is 35.2 Å². The van der Waals surface area contributed by atoms with Gasteiger partial charge in [0.2, 0.25) is 10.9 Å². The van der Waals surface area contributed by atoms with Crippen LogP contribution in [0.25, 0.3) is 22.6 Å². The molecule has 0 aromatic carbocycles. The molecule has 4 aromatic rings. The average molecular weight is 493 g/mol. The molecule has 12 heteroatoms. The number of rotatable bonds is 7. The average Bonchev–Trinajstić information content (AvgIpc) is 3.68. The highest BCUT2D eigenvalue weighted by molar-refractivity contribution is 7.90. The van der Waals surface area contributed by atoms with Crippen molar-refractivity contribution in [1.82, 2.24) is 34.5 Å². The lowest BCUT2D eigenvalue weighted by molar-refractivity contribution is 0.452. The summed E-state index contributed by atoms with van der Waals surface area (Å²) in [6, 6.07) is 3.29. The SMILES string of the molecule is CC(C)n1c(=O)c(NCc2ccc([S+](C)[O-])nc2)nc2cnc(-c3c(O)ncnc3C3CC3)nc21. The first kappa shape index (κ1) is 23.1. The van der Waals surface area contributed by atoms with Crippen LogP contribution in [0.4, 0.5) is 5.82 Å². The van der Waals surface area contributed by atoms with Crippen LogP contribution in [0, 0.1) is 0 Å². The maximum absolute atomic E-state index is 13.3. The summed E-state index contributed by atoms with van der Waals surface area (Å²) < 4.78 is 13.1. The number of nitrogens with zero attached hydrogens (tertiary/aromatic N) is 7. The molecule has 0 bridgehead atoms. The Labute approximate surface area is 203 Å². The molecule has 1 unspecified atom stereocenters. The standard InChI is InChI=1S/C23H24N8O3S/c1-12(2)31-21-15(10-26-19(30-21)17-18(14-5-6-14)27-11-28-22(17)32)29-20(23(31)33)25-9-13-4-7-16(24-8-13)35(3)34/h4,7-8,10-12,14H,5-6,9H2,1-3H3,(H,25,29)(H,27,28,32). The first-order valence-corrected chi connectivity index (χ1v) is 12.7. The largest absolute Gasteiger partial charge is 0.610 e. The molecule has 1 fully saturated rings. The molecular weight excluding hydrogens is 468 g/mol. The third-order valence-electron chi connectivity index (χ3n) is 5.74. The van der Waals surface area contributed by atoms with E-state index in [1.165, 1.54) is 12.5 Å². The molecule has 1 atom stereocenters. The highest BCUT2D eigenvalue weighted by atomic mass is 32.2. The van der Waals surface area contributed by atoms with Crippen LogP contribution in [0.1, 0.15) is 49.9 Å². The zero-order chi connectivity index (χ0) is 24.7. The van der Waals surface area contributed by atoms with Gasteiger partial charge in [0.15, 0.2) is 17.3 Å². The lowest BCUT2D eigenvalue weighted by Gasteiger charge is -2.16. The monoisotopic (exact) mass is 492 g/mol. The van der Waals surface area contributed by atoms with Crippen molar-refractivity contribution < 1.29 is 9.66 Å². The van der Waals surface area contributed by atoms with Crippen LogP contribution < -0.4 is 10.9 Å². The van der Waals surface area contributed by atoms with Crippen molar-refractivity contribution in [2.75, 3.05) is 11.6 Å². The van der Waals surface area contributed by atoms with Gasteiger partial charge in [-0.25, -0.2) is 29.9 Å². The summed E-state index contributed by atoms with van der Waals surface area (Å²) in [5, 5.41) is 14.0. The van der Waals surface area contributed by atoms with E-state index in [1.807, 2.05) is 13.8 Å². The van der Waals surface area contributed by atoms with Gasteiger partial charge in [-0.1, -0.05) is 0 Å². The summed E-state index contributed by atoms with van der Waals surface area (Å²) in [5.74, 6) is 0.483. The van der Waals surface area contributed by atoms with Crippen LogP contribution in [0.3, 0.4) is 0 Å². The van der Waals surface area contributed by atoms with Crippen LogP contribution in [-0.2, 0) is 17.7 Å². The Morgan fingerprint density at radius 3 is 2.63 bits per heavy atom. The van der Waals surface area contributed by atoms with Crippen molar-refractivity contribution in [1.29, 1.82) is 0 Å². The van der Waals surface area contributed by atoms with E-state index in [0.717, 1.165) is 18.4 Å². The molecule has 1 aliphatic carbocycles. The Morgan fingerprint density at radius 2 is 1.97 bits per heavy atom. The van der Waals surface area contributed by atoms with Crippen molar-refractivity contribution in [3.63, 3.8) is 0 Å². The molecule has 0 spiro atoms. The van der Waals surface area contributed by atoms with Gasteiger partial charge < -0.3 is 15.0 Å². The summed E-state index contributed by atoms with van der Waals surface area (Å²) in [4.78, 5) is 39.3. The molecule has 2 N–H and O–H groups in total. The molecule has 4 aromatic heterocycles. The van der Waals surface area contributed by atoms with E-state index in [-0.39, 0.29) is 35.0 Å². The number of fused-ring (bicyclic) bond motifs is 1. The van der Waals surface area contributed by atoms with Gasteiger partial charge in [-0.2, -0.15) is 0 Å². The maximum atomic E-state index is 13.3. The second kappa shape index (κ2) is 9.19. The molecule has 0 radical (unpaired) electrons. The van der Waals surface area contributed by atoms with Crippen molar-refractivity contribution in [2.24, 2.45) is 0 Å². The molecule has 180 valence electrons. The van der Waals surface area contributed by atoms with E-state index in [0.29, 0.717) is 34.0 Å². The molecule has 0 saturated heterocycles. The van der Waals surface area contributed by atoms with Crippen molar-refractivity contribution in [3.8, 4) is 17.3 Å². The Bertz CT molecular complexity index is 1450. The van der Waals surface area contributed by atoms with Crippen LogP contribution in [0.5, 0.6) is 5.88 Å². The van der Waals surface area contributed by atoms with Crippen LogP contribution in [0.2, 0.25) is 0 Å². The summed E-state index contributed by atoms with van der Waals surface area (Å²) in [5.41, 5.74) is 2.40. The van der Waals surface area contributed by atoms with E-state index < -0.39 is 11.2 Å². The number of aromatic hydroxyl groups is 1. The third kappa shape index (κ3) is 4.54. The number of hydrogen-bond acceptors (Lipinski definition) is 10. The molecule has 0 aliphatic heterocycles. The summed E-state index contributed by atoms with van der Waals surface area (Å²) in [6.07, 6.45) is 8.03. The van der Waals surface area contributed by atoms with Crippen molar-refractivity contribution in [2.45, 2.75) is 50.2 Å². The van der Waals surface area contributed by atoms with Gasteiger partial charge in [0.05, 0.1) is 11.9 Å². The molecule has 5 rings (SSSR count). The fourth-order valence-electron chi connectivity index (χ4n) is 3.86. The van der Waals surface area contributed by atoms with Crippen molar-refractivity contribution >= 4 is 28.2 Å². The Kier molecular flexibility index (Phi) is 6.07. The highest BCUT2D eigenvalue weighted by Gasteiger charge is 2.31. The molecule has 35 heavy (non-hydrogen) atoms. The van der Waals surface area contributed by atoms with Gasteiger partial charge in [0.25, 0.3) is 5.56 Å². The van der Waals surface area contributed by atoms with E-state index >= 15 is 0 Å². The summed E-state index contributed by atoms with van der Waals surface area (Å²) >= 11 is -1.16. The summed E-state index contributed by atoms with van der Waals surface area (Å²) in [7, 11) is 0. The van der Waals surface area contributed by atoms with E-state index in [4.69, 9.17) is 0 Å². The molecular formula is C23H24N8O3S. The van der Waals surface area contributed by atoms with E-state index in [1.54, 1.807) is 29.2 Å². The van der Waals surface area contributed by atoms with Crippen LogP contribution >= 0.6 is 0 Å². The number of nitrogens with one attached hydrogen (secondary N) is 1. The van der Waals surface area contributed by atoms with Crippen LogP contribution in [0.15, 0.2) is 40.7 Å². The normalized spacial score (nSPS) is 14.4.